The fraction of sp³-hybridized carbons (Fsp3) is 0.390. The molecule has 3 aromatic carbocycles. The number of benzene rings is 3. The maximum Gasteiger partial charge on any atom is 0.387 e. The third-order valence-electron chi connectivity index (χ3n) is 10.4. The fourth-order valence-electron chi connectivity index (χ4n) is 7.09. The van der Waals surface area contributed by atoms with Gasteiger partial charge in [-0.05, 0) is 110 Å². The number of pyridine rings is 1. The van der Waals surface area contributed by atoms with Gasteiger partial charge in [-0.2, -0.15) is 13.5 Å². The average Bonchev–Trinajstić information content (AvgIpc) is 4.02. The number of piperidine rings is 3. The van der Waals surface area contributed by atoms with Crippen LogP contribution in [0.3, 0.4) is 0 Å². The number of carbonyl (C=O) groups is 2. The Morgan fingerprint density at radius 2 is 1.68 bits per heavy atom. The number of carbonyl (C=O) groups excluding carboxylic acids is 2. The van der Waals surface area contributed by atoms with Gasteiger partial charge in [0.15, 0.2) is 29.9 Å². The summed E-state index contributed by atoms with van der Waals surface area (Å²) in [7, 11) is 1.55. The van der Waals surface area contributed by atoms with Crippen molar-refractivity contribution >= 4 is 40.8 Å². The first-order valence-corrected chi connectivity index (χ1v) is 19.2. The summed E-state index contributed by atoms with van der Waals surface area (Å²) in [6.07, 6.45) is 4.86. The zero-order chi connectivity index (χ0) is 39.3. The van der Waals surface area contributed by atoms with Crippen LogP contribution in [0.4, 0.5) is 14.5 Å². The number of halogens is 4. The lowest BCUT2D eigenvalue weighted by atomic mass is 9.86. The summed E-state index contributed by atoms with van der Waals surface area (Å²) in [4.78, 5) is 29.9. The molecular formula is C41H41Cl2F2N3O8. The molecule has 15 heteroatoms. The van der Waals surface area contributed by atoms with E-state index in [0.29, 0.717) is 57.8 Å². The molecule has 11 nitrogen and oxygen atoms in total. The van der Waals surface area contributed by atoms with E-state index in [4.69, 9.17) is 46.9 Å². The van der Waals surface area contributed by atoms with Crippen molar-refractivity contribution in [2.45, 2.75) is 57.0 Å². The molecule has 1 aliphatic carbocycles. The van der Waals surface area contributed by atoms with E-state index in [1.165, 1.54) is 18.2 Å². The van der Waals surface area contributed by atoms with Gasteiger partial charge in [0.2, 0.25) is 0 Å². The first kappa shape index (κ1) is 39.4. The van der Waals surface area contributed by atoms with Gasteiger partial charge in [0.05, 0.1) is 19.3 Å². The van der Waals surface area contributed by atoms with Crippen LogP contribution in [0.1, 0.15) is 64.9 Å². The van der Waals surface area contributed by atoms with Gasteiger partial charge in [-0.25, -0.2) is 9.59 Å². The van der Waals surface area contributed by atoms with Gasteiger partial charge in [0.1, 0.15) is 28.0 Å². The topological polar surface area (TPSA) is 122 Å². The molecule has 4 aliphatic rings. The predicted octanol–water partition coefficient (Wildman–Crippen LogP) is 7.96. The minimum atomic E-state index is -3.09. The third kappa shape index (κ3) is 9.74. The molecule has 3 saturated heterocycles. The lowest BCUT2D eigenvalue weighted by molar-refractivity contribution is -0.605. The largest absolute Gasteiger partial charge is 0.619 e. The number of alkyl halides is 2. The van der Waals surface area contributed by atoms with E-state index in [1.54, 1.807) is 49.6 Å². The quantitative estimate of drug-likeness (QED) is 0.0678. The van der Waals surface area contributed by atoms with Gasteiger partial charge in [0, 0.05) is 24.2 Å². The molecule has 0 amide bonds. The summed E-state index contributed by atoms with van der Waals surface area (Å²) in [5.41, 5.74) is 2.09. The number of hydrogen-bond acceptors (Lipinski definition) is 10. The Morgan fingerprint density at radius 3 is 2.32 bits per heavy atom. The van der Waals surface area contributed by atoms with Crippen LogP contribution in [-0.2, 0) is 20.7 Å². The normalized spacial score (nSPS) is 19.9. The summed E-state index contributed by atoms with van der Waals surface area (Å²) < 4.78 is 55.2. The Balaban J connectivity index is 1.12. The summed E-state index contributed by atoms with van der Waals surface area (Å²) in [5, 5.41) is 15.3. The van der Waals surface area contributed by atoms with Crippen LogP contribution in [0.15, 0.2) is 79.1 Å². The van der Waals surface area contributed by atoms with Crippen molar-refractivity contribution in [3.8, 4) is 17.2 Å². The smallest absolute Gasteiger partial charge is 0.387 e. The van der Waals surface area contributed by atoms with Gasteiger partial charge in [-0.1, -0.05) is 41.4 Å². The zero-order valence-corrected chi connectivity index (χ0v) is 32.0. The van der Waals surface area contributed by atoms with Gasteiger partial charge in [0.25, 0.3) is 0 Å². The second-order valence-corrected chi connectivity index (χ2v) is 15.1. The molecule has 2 bridgehead atoms. The number of ether oxygens (including phenoxy) is 5. The molecule has 4 aromatic rings. The number of aromatic nitrogens is 1. The second-order valence-electron chi connectivity index (χ2n) is 14.3. The highest BCUT2D eigenvalue weighted by molar-refractivity contribution is 6.35. The van der Waals surface area contributed by atoms with Crippen molar-refractivity contribution < 1.29 is 46.8 Å². The van der Waals surface area contributed by atoms with Crippen molar-refractivity contribution in [3.05, 3.63) is 117 Å². The van der Waals surface area contributed by atoms with Gasteiger partial charge < -0.3 is 34.2 Å². The van der Waals surface area contributed by atoms with Crippen molar-refractivity contribution in [2.75, 3.05) is 38.7 Å². The van der Waals surface area contributed by atoms with Crippen molar-refractivity contribution in [1.82, 2.24) is 4.90 Å². The maximum absolute atomic E-state index is 13.8. The van der Waals surface area contributed by atoms with E-state index in [-0.39, 0.29) is 39.6 Å². The summed E-state index contributed by atoms with van der Waals surface area (Å²) in [5.74, 6) is -0.0244. The SMILES string of the molecule is COc1cccc(C(Nc2ccc(C(=O)OC(Cc3c(Cl)c[n+]([O-])cc3Cl)c3ccc(OC(F)F)c(OCC4CC4)c3)cc2)C(=O)O[C@H]2CN3CCC2CC3)c1. The lowest BCUT2D eigenvalue weighted by Gasteiger charge is -2.44. The van der Waals surface area contributed by atoms with E-state index in [9.17, 15) is 23.6 Å². The van der Waals surface area contributed by atoms with Crippen molar-refractivity contribution in [3.63, 3.8) is 0 Å². The van der Waals surface area contributed by atoms with E-state index >= 15 is 0 Å². The molecule has 2 unspecified atom stereocenters. The molecule has 1 N–H and O–H groups in total. The van der Waals surface area contributed by atoms with Crippen LogP contribution in [0.5, 0.6) is 17.2 Å². The van der Waals surface area contributed by atoms with E-state index in [2.05, 4.69) is 10.2 Å². The van der Waals surface area contributed by atoms with E-state index in [1.807, 2.05) is 6.07 Å². The number of rotatable bonds is 16. The highest BCUT2D eigenvalue weighted by Crippen LogP contribution is 2.38. The molecule has 296 valence electrons. The van der Waals surface area contributed by atoms with Crippen LogP contribution in [0.2, 0.25) is 10.0 Å². The predicted molar refractivity (Wildman–Crippen MR) is 203 cm³/mol. The Hall–Kier alpha value is -4.85. The number of nitrogens with zero attached hydrogens (tertiary/aromatic N) is 2. The maximum atomic E-state index is 13.8. The molecule has 1 saturated carbocycles. The fourth-order valence-corrected chi connectivity index (χ4v) is 7.69. The lowest BCUT2D eigenvalue weighted by Crippen LogP contribution is -2.52. The number of hydrogen-bond donors (Lipinski definition) is 1. The minimum Gasteiger partial charge on any atom is -0.619 e. The molecule has 8 rings (SSSR count). The molecule has 1 aromatic heterocycles. The number of fused-ring (bicyclic) bond motifs is 3. The van der Waals surface area contributed by atoms with E-state index < -0.39 is 30.7 Å². The first-order chi connectivity index (χ1) is 27.0. The van der Waals surface area contributed by atoms with Gasteiger partial charge in [-0.15, -0.1) is 0 Å². The average molecular weight is 813 g/mol. The summed E-state index contributed by atoms with van der Waals surface area (Å²) >= 11 is 12.8. The third-order valence-corrected chi connectivity index (χ3v) is 11.0. The monoisotopic (exact) mass is 811 g/mol. The molecule has 0 spiro atoms. The molecule has 3 aliphatic heterocycles. The molecular weight excluding hydrogens is 771 g/mol. The number of anilines is 1. The van der Waals surface area contributed by atoms with Crippen LogP contribution in [0, 0.1) is 17.0 Å². The van der Waals surface area contributed by atoms with E-state index in [0.717, 1.165) is 51.2 Å². The Labute approximate surface area is 332 Å². The summed E-state index contributed by atoms with van der Waals surface area (Å²) in [6.45, 7) is -0.0386. The van der Waals surface area contributed by atoms with Crippen molar-refractivity contribution in [1.29, 1.82) is 0 Å². The van der Waals surface area contributed by atoms with Crippen LogP contribution >= 0.6 is 23.2 Å². The highest BCUT2D eigenvalue weighted by atomic mass is 35.5. The molecule has 4 heterocycles. The summed E-state index contributed by atoms with van der Waals surface area (Å²) in [6, 6.07) is 17.0. The molecule has 4 fully saturated rings. The number of nitrogens with one attached hydrogen (secondary N) is 1. The standard InChI is InChI=1S/C41H41Cl2F2N3O8/c1-52-30-4-2-3-28(17-30)38(40(50)55-37-22-47-15-13-25(37)14-16-47)46-29-10-7-26(8-11-29)39(49)54-35(19-31-32(42)20-48(51)21-33(31)43)27-9-12-34(56-41(44)45)36(18-27)53-23-24-5-6-24/h2-4,7-12,17-18,20-21,24-25,35,37-38,41,46H,5-6,13-16,19,22-23H2,1H3/t35?,37-,38?/m0/s1. The second kappa shape index (κ2) is 17.5. The zero-order valence-electron chi connectivity index (χ0n) is 30.5. The van der Waals surface area contributed by atoms with Gasteiger partial charge in [-0.3, -0.25) is 4.90 Å². The van der Waals surface area contributed by atoms with Crippen molar-refractivity contribution in [2.24, 2.45) is 11.8 Å². The Kier molecular flexibility index (Phi) is 12.3. The molecule has 3 atom stereocenters. The number of esters is 2. The van der Waals surface area contributed by atoms with Crippen LogP contribution in [-0.4, -0.2) is 62.9 Å². The van der Waals surface area contributed by atoms with Crippen LogP contribution < -0.4 is 24.3 Å². The first-order valence-electron chi connectivity index (χ1n) is 18.5. The minimum absolute atomic E-state index is 0.0458. The van der Waals surface area contributed by atoms with Gasteiger partial charge >= 0.3 is 18.6 Å². The molecule has 0 radical (unpaired) electrons. The number of methoxy groups -OCH3 is 1. The molecule has 56 heavy (non-hydrogen) atoms. The highest BCUT2D eigenvalue weighted by Gasteiger charge is 2.38. The Bertz CT molecular complexity index is 2010. The Morgan fingerprint density at radius 1 is 0.946 bits per heavy atom. The van der Waals surface area contributed by atoms with Crippen LogP contribution in [0.25, 0.3) is 0 Å².